The van der Waals surface area contributed by atoms with Gasteiger partial charge in [-0.2, -0.15) is 0 Å². The number of ketones is 1. The van der Waals surface area contributed by atoms with Gasteiger partial charge in [-0.05, 0) is 86.7 Å². The molecule has 10 heteroatoms. The fourth-order valence-electron chi connectivity index (χ4n) is 11.3. The quantitative estimate of drug-likeness (QED) is 0.376. The van der Waals surface area contributed by atoms with E-state index in [9.17, 15) is 9.90 Å². The Labute approximate surface area is 303 Å². The third kappa shape index (κ3) is 6.54. The van der Waals surface area contributed by atoms with Crippen molar-refractivity contribution in [1.82, 2.24) is 0 Å². The van der Waals surface area contributed by atoms with Crippen LogP contribution in [0.15, 0.2) is 24.3 Å². The Morgan fingerprint density at radius 1 is 0.745 bits per heavy atom. The molecule has 1 N–H and O–H groups in total. The molecule has 19 atom stereocenters. The first-order valence-electron chi connectivity index (χ1n) is 20.4. The zero-order valence-corrected chi connectivity index (χ0v) is 30.8. The SMILES string of the molecule is C=C1C[C@@H]2CC[C@@]34C[C@H]5OC6[C@@H](O[C@H]7CCC(CC(=O)C[C@@H]8[C@@H](C)[C@@H](C[C@H](O)CC)O[C@H]8CC8O[C@@H](CCC1O2)C[C@@H](C)C8=C)O[C@@H]7[C@@H]6O3)[C@H]5O4. The Morgan fingerprint density at radius 3 is 2.33 bits per heavy atom. The predicted octanol–water partition coefficient (Wildman–Crippen LogP) is 5.51. The normalized spacial score (nSPS) is 53.2. The van der Waals surface area contributed by atoms with E-state index in [1.54, 1.807) is 0 Å². The van der Waals surface area contributed by atoms with Crippen molar-refractivity contribution in [2.75, 3.05) is 0 Å². The summed E-state index contributed by atoms with van der Waals surface area (Å²) >= 11 is 0. The maximum atomic E-state index is 14.0. The molecule has 10 aliphatic rings. The Morgan fingerprint density at radius 2 is 1.49 bits per heavy atom. The molecule has 10 heterocycles. The van der Waals surface area contributed by atoms with E-state index in [2.05, 4.69) is 27.0 Å². The highest BCUT2D eigenvalue weighted by Crippen LogP contribution is 2.54. The van der Waals surface area contributed by atoms with E-state index in [1.807, 2.05) is 6.92 Å². The van der Waals surface area contributed by atoms with Crippen LogP contribution in [-0.2, 0) is 42.7 Å². The molecule has 0 aromatic heterocycles. The number of aliphatic hydroxyl groups excluding tert-OH is 1. The summed E-state index contributed by atoms with van der Waals surface area (Å²) in [4.78, 5) is 14.0. The molecular weight excluding hydrogens is 652 g/mol. The molecule has 10 rings (SSSR count). The molecule has 0 aromatic rings. The molecule has 10 aliphatic heterocycles. The fraction of sp³-hybridized carbons (Fsp3) is 0.878. The highest BCUT2D eigenvalue weighted by atomic mass is 16.8. The molecule has 0 amide bonds. The lowest BCUT2D eigenvalue weighted by atomic mass is 9.78. The largest absolute Gasteiger partial charge is 0.393 e. The molecule has 12 bridgehead atoms. The topological polar surface area (TPSA) is 111 Å². The summed E-state index contributed by atoms with van der Waals surface area (Å²) in [5.74, 6) is -0.0766. The lowest BCUT2D eigenvalue weighted by Gasteiger charge is -2.47. The molecule has 10 nitrogen and oxygen atoms in total. The smallest absolute Gasteiger partial charge is 0.172 e. The minimum Gasteiger partial charge on any atom is -0.393 e. The van der Waals surface area contributed by atoms with Gasteiger partial charge in [-0.25, -0.2) is 0 Å². The highest BCUT2D eigenvalue weighted by molar-refractivity contribution is 5.79. The van der Waals surface area contributed by atoms with Crippen LogP contribution in [0, 0.1) is 17.8 Å². The molecule has 0 saturated carbocycles. The second-order valence-corrected chi connectivity index (χ2v) is 17.8. The van der Waals surface area contributed by atoms with Gasteiger partial charge in [0.25, 0.3) is 0 Å². The average molecular weight is 713 g/mol. The van der Waals surface area contributed by atoms with Gasteiger partial charge >= 0.3 is 0 Å². The number of hydrogen-bond donors (Lipinski definition) is 1. The minimum atomic E-state index is -0.757. The number of Topliss-reactive ketones (excluding diaryl/α,β-unsaturated/α-hetero) is 1. The van der Waals surface area contributed by atoms with Gasteiger partial charge in [0.05, 0.1) is 61.0 Å². The Balaban J connectivity index is 0.986. The van der Waals surface area contributed by atoms with Gasteiger partial charge in [0.15, 0.2) is 5.79 Å². The second kappa shape index (κ2) is 13.8. The maximum Gasteiger partial charge on any atom is 0.172 e. The molecule has 1 spiro atoms. The monoisotopic (exact) mass is 712 g/mol. The molecule has 10 fully saturated rings. The summed E-state index contributed by atoms with van der Waals surface area (Å²) in [7, 11) is 0. The molecule has 4 unspecified atom stereocenters. The van der Waals surface area contributed by atoms with Crippen molar-refractivity contribution in [3.63, 3.8) is 0 Å². The summed E-state index contributed by atoms with van der Waals surface area (Å²) in [6.07, 6.45) is 7.89. The third-order valence-electron chi connectivity index (χ3n) is 14.4. The molecule has 10 saturated heterocycles. The first kappa shape index (κ1) is 35.5. The number of ether oxygens (including phenoxy) is 8. The van der Waals surface area contributed by atoms with Crippen LogP contribution in [0.2, 0.25) is 0 Å². The van der Waals surface area contributed by atoms with Crippen molar-refractivity contribution in [2.45, 2.75) is 208 Å². The Kier molecular flexibility index (Phi) is 9.62. The van der Waals surface area contributed by atoms with Crippen LogP contribution in [0.25, 0.3) is 0 Å². The van der Waals surface area contributed by atoms with Gasteiger partial charge < -0.3 is 43.0 Å². The van der Waals surface area contributed by atoms with Gasteiger partial charge in [-0.3, -0.25) is 4.79 Å². The van der Waals surface area contributed by atoms with Crippen LogP contribution < -0.4 is 0 Å². The van der Waals surface area contributed by atoms with E-state index in [-0.39, 0.29) is 103 Å². The second-order valence-electron chi connectivity index (χ2n) is 17.8. The fourth-order valence-corrected chi connectivity index (χ4v) is 11.3. The summed E-state index contributed by atoms with van der Waals surface area (Å²) < 4.78 is 54.1. The van der Waals surface area contributed by atoms with Crippen LogP contribution in [-0.4, -0.2) is 108 Å². The zero-order chi connectivity index (χ0) is 35.2. The molecule has 0 radical (unpaired) electrons. The molecule has 0 aromatic carbocycles. The van der Waals surface area contributed by atoms with E-state index >= 15 is 0 Å². The van der Waals surface area contributed by atoms with Crippen LogP contribution in [0.4, 0.5) is 0 Å². The zero-order valence-electron chi connectivity index (χ0n) is 30.8. The van der Waals surface area contributed by atoms with Crippen molar-refractivity contribution in [3.05, 3.63) is 24.3 Å². The molecule has 284 valence electrons. The third-order valence-corrected chi connectivity index (χ3v) is 14.4. The first-order valence-corrected chi connectivity index (χ1v) is 20.4. The molecule has 51 heavy (non-hydrogen) atoms. The number of carbonyl (C=O) groups excluding carboxylic acids is 1. The summed E-state index contributed by atoms with van der Waals surface area (Å²) in [5.41, 5.74) is 2.28. The van der Waals surface area contributed by atoms with Gasteiger partial charge in [-0.1, -0.05) is 33.9 Å². The number of fused-ring (bicyclic) bond motifs is 6. The number of rotatable bonds is 3. The number of aliphatic hydroxyl groups is 1. The predicted molar refractivity (Wildman–Crippen MR) is 186 cm³/mol. The van der Waals surface area contributed by atoms with Crippen LogP contribution in [0.5, 0.6) is 0 Å². The average Bonchev–Trinajstić information content (AvgIpc) is 3.77. The van der Waals surface area contributed by atoms with Crippen LogP contribution >= 0.6 is 0 Å². The maximum absolute atomic E-state index is 14.0. The van der Waals surface area contributed by atoms with Crippen molar-refractivity contribution in [2.24, 2.45) is 17.8 Å². The lowest BCUT2D eigenvalue weighted by Crippen LogP contribution is -2.61. The molecular formula is C41H60O10. The van der Waals surface area contributed by atoms with Crippen LogP contribution in [0.3, 0.4) is 0 Å². The summed E-state index contributed by atoms with van der Waals surface area (Å²) in [6.45, 7) is 15.4. The number of carbonyl (C=O) groups is 1. The van der Waals surface area contributed by atoms with E-state index in [0.29, 0.717) is 44.4 Å². The van der Waals surface area contributed by atoms with Gasteiger partial charge in [0, 0.05) is 32.1 Å². The lowest BCUT2D eigenvalue weighted by molar-refractivity contribution is -0.292. The van der Waals surface area contributed by atoms with Crippen molar-refractivity contribution < 1.29 is 47.8 Å². The minimum absolute atomic E-state index is 0.0115. The van der Waals surface area contributed by atoms with Crippen LogP contribution in [0.1, 0.15) is 111 Å². The number of hydrogen-bond acceptors (Lipinski definition) is 10. The van der Waals surface area contributed by atoms with E-state index in [4.69, 9.17) is 37.9 Å². The van der Waals surface area contributed by atoms with Crippen molar-refractivity contribution >= 4 is 5.78 Å². The first-order chi connectivity index (χ1) is 24.6. The van der Waals surface area contributed by atoms with Crippen molar-refractivity contribution in [3.8, 4) is 0 Å². The van der Waals surface area contributed by atoms with Crippen molar-refractivity contribution in [1.29, 1.82) is 0 Å². The summed E-state index contributed by atoms with van der Waals surface area (Å²) in [6, 6.07) is 0. The van der Waals surface area contributed by atoms with E-state index < -0.39 is 11.9 Å². The Bertz CT molecular complexity index is 1350. The molecule has 0 aliphatic carbocycles. The van der Waals surface area contributed by atoms with Gasteiger partial charge in [0.2, 0.25) is 0 Å². The van der Waals surface area contributed by atoms with Gasteiger partial charge in [-0.15, -0.1) is 0 Å². The van der Waals surface area contributed by atoms with E-state index in [0.717, 1.165) is 62.5 Å². The Hall–Kier alpha value is -1.21. The highest BCUT2D eigenvalue weighted by Gasteiger charge is 2.68. The summed E-state index contributed by atoms with van der Waals surface area (Å²) in [5, 5.41) is 10.6. The standard InChI is InChI=1S/C41H60O10/c1-6-24(42)17-32-23(5)29-16-25(43)15-27-8-10-31-36(46-27)40-39-38(48-31)37-35(49-39)19-41(50-37,51-40)12-11-28-14-21(3)30(44-28)9-7-26-13-20(2)22(4)33(45-26)18-34(29)47-32/h20,23-24,26-40,42H,3-4,6-19H2,1-2,5H3/t20-,23-,24-,26+,27?,28+,29-,30?,31+,32-,33?,34+,35-,36+,37+,38+,39?,40+,41+/m1/s1. The van der Waals surface area contributed by atoms with E-state index in [1.165, 1.54) is 0 Å². The van der Waals surface area contributed by atoms with Gasteiger partial charge in [0.1, 0.15) is 36.3 Å².